The molecule has 4 N–H and O–H groups in total. The number of carbonyl (C=O) groups is 2. The van der Waals surface area contributed by atoms with Crippen LogP contribution in [0.2, 0.25) is 0 Å². The first-order chi connectivity index (χ1) is 9.49. The van der Waals surface area contributed by atoms with Crippen LogP contribution in [0.15, 0.2) is 12.1 Å². The highest BCUT2D eigenvalue weighted by atomic mass is 16.5. The predicted octanol–water partition coefficient (Wildman–Crippen LogP) is 0.881. The minimum atomic E-state index is -1.18. The number of nitrogens with one attached hydrogen (secondary N) is 1. The maximum atomic E-state index is 11.4. The molecule has 0 saturated carbocycles. The van der Waals surface area contributed by atoms with E-state index >= 15 is 0 Å². The number of rotatable bonds is 7. The first-order valence-corrected chi connectivity index (χ1v) is 6.09. The minimum absolute atomic E-state index is 0.0668. The van der Waals surface area contributed by atoms with Crippen LogP contribution in [-0.2, 0) is 4.79 Å². The molecule has 0 radical (unpaired) electrons. The molecule has 0 aromatic heterocycles. The number of benzene rings is 1. The number of nitrogens with two attached hydrogens (primary N) is 1. The van der Waals surface area contributed by atoms with E-state index in [1.165, 1.54) is 19.2 Å². The zero-order chi connectivity index (χ0) is 15.1. The van der Waals surface area contributed by atoms with Gasteiger partial charge in [-0.3, -0.25) is 4.79 Å². The van der Waals surface area contributed by atoms with Gasteiger partial charge in [0.05, 0.1) is 18.4 Å². The fraction of sp³-hybridized carbons (Fsp3) is 0.385. The van der Waals surface area contributed by atoms with Crippen LogP contribution < -0.4 is 20.5 Å². The van der Waals surface area contributed by atoms with E-state index in [9.17, 15) is 9.59 Å². The maximum absolute atomic E-state index is 11.4. The van der Waals surface area contributed by atoms with Gasteiger partial charge in [-0.2, -0.15) is 0 Å². The van der Waals surface area contributed by atoms with E-state index in [0.29, 0.717) is 6.54 Å². The van der Waals surface area contributed by atoms with Crippen molar-refractivity contribution in [2.45, 2.75) is 13.3 Å². The van der Waals surface area contributed by atoms with Gasteiger partial charge in [0.25, 0.3) is 5.91 Å². The van der Waals surface area contributed by atoms with Crippen LogP contribution >= 0.6 is 0 Å². The fourth-order valence-electron chi connectivity index (χ4n) is 1.49. The van der Waals surface area contributed by atoms with Gasteiger partial charge in [0.15, 0.2) is 18.1 Å². The Morgan fingerprint density at radius 2 is 2.05 bits per heavy atom. The molecule has 20 heavy (non-hydrogen) atoms. The summed E-state index contributed by atoms with van der Waals surface area (Å²) in [6.07, 6.45) is 0.820. The second-order valence-electron chi connectivity index (χ2n) is 4.03. The monoisotopic (exact) mass is 282 g/mol. The van der Waals surface area contributed by atoms with Gasteiger partial charge in [-0.05, 0) is 6.42 Å². The summed E-state index contributed by atoms with van der Waals surface area (Å²) in [6, 6.07) is 2.59. The van der Waals surface area contributed by atoms with Gasteiger partial charge in [-0.1, -0.05) is 6.92 Å². The lowest BCUT2D eigenvalue weighted by Gasteiger charge is -2.12. The Kier molecular flexibility index (Phi) is 5.64. The summed E-state index contributed by atoms with van der Waals surface area (Å²) < 4.78 is 10.3. The smallest absolute Gasteiger partial charge is 0.337 e. The number of amides is 1. The molecule has 0 heterocycles. The van der Waals surface area contributed by atoms with Crippen LogP contribution in [0.4, 0.5) is 5.69 Å². The quantitative estimate of drug-likeness (QED) is 0.640. The van der Waals surface area contributed by atoms with Crippen molar-refractivity contribution < 1.29 is 24.2 Å². The Balaban J connectivity index is 2.85. The summed E-state index contributed by atoms with van der Waals surface area (Å²) >= 11 is 0. The average Bonchev–Trinajstić information content (AvgIpc) is 2.42. The summed E-state index contributed by atoms with van der Waals surface area (Å²) in [7, 11) is 1.40. The molecule has 110 valence electrons. The second-order valence-corrected chi connectivity index (χ2v) is 4.03. The molecule has 0 aliphatic heterocycles. The van der Waals surface area contributed by atoms with E-state index < -0.39 is 5.97 Å². The first kappa shape index (κ1) is 15.6. The number of carboxylic acid groups (broad SMARTS) is 1. The molecular formula is C13H18N2O5. The number of aromatic carboxylic acids is 1. The van der Waals surface area contributed by atoms with Crippen molar-refractivity contribution >= 4 is 17.6 Å². The third kappa shape index (κ3) is 4.04. The largest absolute Gasteiger partial charge is 0.493 e. The van der Waals surface area contributed by atoms with Gasteiger partial charge in [0.2, 0.25) is 0 Å². The number of nitrogen functional groups attached to an aromatic ring is 1. The lowest BCUT2D eigenvalue weighted by molar-refractivity contribution is -0.123. The first-order valence-electron chi connectivity index (χ1n) is 6.09. The van der Waals surface area contributed by atoms with Crippen LogP contribution in [0.3, 0.4) is 0 Å². The van der Waals surface area contributed by atoms with E-state index in [4.69, 9.17) is 20.3 Å². The van der Waals surface area contributed by atoms with E-state index in [1.54, 1.807) is 0 Å². The van der Waals surface area contributed by atoms with Crippen molar-refractivity contribution in [1.29, 1.82) is 0 Å². The average molecular weight is 282 g/mol. The second kappa shape index (κ2) is 7.22. The summed E-state index contributed by atoms with van der Waals surface area (Å²) in [5.41, 5.74) is 5.56. The zero-order valence-corrected chi connectivity index (χ0v) is 11.4. The van der Waals surface area contributed by atoms with E-state index in [1.807, 2.05) is 6.92 Å². The molecule has 0 atom stereocenters. The predicted molar refractivity (Wildman–Crippen MR) is 73.2 cm³/mol. The third-order valence-electron chi connectivity index (χ3n) is 2.50. The molecule has 1 amide bonds. The Hall–Kier alpha value is -2.44. The van der Waals surface area contributed by atoms with Gasteiger partial charge in [-0.15, -0.1) is 0 Å². The topological polar surface area (TPSA) is 111 Å². The number of ether oxygens (including phenoxy) is 2. The summed E-state index contributed by atoms with van der Waals surface area (Å²) in [5.74, 6) is -1.03. The lowest BCUT2D eigenvalue weighted by Crippen LogP contribution is -2.29. The van der Waals surface area contributed by atoms with Crippen molar-refractivity contribution in [2.75, 3.05) is 26.0 Å². The molecule has 0 saturated heterocycles. The van der Waals surface area contributed by atoms with Crippen LogP contribution in [0.1, 0.15) is 23.7 Å². The molecule has 1 rings (SSSR count). The Morgan fingerprint density at radius 1 is 1.35 bits per heavy atom. The molecular weight excluding hydrogens is 264 g/mol. The third-order valence-corrected chi connectivity index (χ3v) is 2.50. The fourth-order valence-corrected chi connectivity index (χ4v) is 1.49. The van der Waals surface area contributed by atoms with E-state index in [2.05, 4.69) is 5.32 Å². The van der Waals surface area contributed by atoms with Gasteiger partial charge in [-0.25, -0.2) is 4.79 Å². The Morgan fingerprint density at radius 3 is 2.60 bits per heavy atom. The van der Waals surface area contributed by atoms with E-state index in [0.717, 1.165) is 6.42 Å². The molecule has 7 nitrogen and oxygen atoms in total. The number of hydrogen-bond donors (Lipinski definition) is 3. The Labute approximate surface area is 116 Å². The van der Waals surface area contributed by atoms with Gasteiger partial charge in [0.1, 0.15) is 0 Å². The number of hydrogen-bond acceptors (Lipinski definition) is 5. The van der Waals surface area contributed by atoms with Crippen LogP contribution in [0.5, 0.6) is 11.5 Å². The Bertz CT molecular complexity index is 502. The van der Waals surface area contributed by atoms with E-state index in [-0.39, 0.29) is 35.3 Å². The van der Waals surface area contributed by atoms with Gasteiger partial charge < -0.3 is 25.6 Å². The van der Waals surface area contributed by atoms with Crippen LogP contribution in [0.25, 0.3) is 0 Å². The maximum Gasteiger partial charge on any atom is 0.337 e. The summed E-state index contributed by atoms with van der Waals surface area (Å²) in [4.78, 5) is 22.4. The van der Waals surface area contributed by atoms with Crippen LogP contribution in [-0.4, -0.2) is 37.2 Å². The van der Waals surface area contributed by atoms with Gasteiger partial charge >= 0.3 is 5.97 Å². The molecule has 0 spiro atoms. The molecule has 0 fully saturated rings. The minimum Gasteiger partial charge on any atom is -0.493 e. The van der Waals surface area contributed by atoms with Crippen molar-refractivity contribution in [1.82, 2.24) is 5.32 Å². The standard InChI is InChI=1S/C13H18N2O5/c1-3-4-15-12(16)7-20-11-5-8(13(17)18)9(14)6-10(11)19-2/h5-6H,3-4,7,14H2,1-2H3,(H,15,16)(H,17,18). The molecule has 0 bridgehead atoms. The van der Waals surface area contributed by atoms with Crippen molar-refractivity contribution in [2.24, 2.45) is 0 Å². The molecule has 7 heteroatoms. The summed E-state index contributed by atoms with van der Waals surface area (Å²) in [5, 5.41) is 11.6. The lowest BCUT2D eigenvalue weighted by atomic mass is 10.1. The highest BCUT2D eigenvalue weighted by Gasteiger charge is 2.15. The van der Waals surface area contributed by atoms with Crippen LogP contribution in [0, 0.1) is 0 Å². The number of carbonyl (C=O) groups excluding carboxylic acids is 1. The van der Waals surface area contributed by atoms with Crippen molar-refractivity contribution in [3.05, 3.63) is 17.7 Å². The highest BCUT2D eigenvalue weighted by Crippen LogP contribution is 2.32. The molecule has 0 unspecified atom stereocenters. The molecule has 0 aliphatic rings. The number of anilines is 1. The van der Waals surface area contributed by atoms with Gasteiger partial charge in [0, 0.05) is 18.7 Å². The molecule has 1 aromatic rings. The van der Waals surface area contributed by atoms with Crippen molar-refractivity contribution in [3.63, 3.8) is 0 Å². The highest BCUT2D eigenvalue weighted by molar-refractivity contribution is 5.94. The molecule has 1 aromatic carbocycles. The normalized spacial score (nSPS) is 9.90. The number of methoxy groups -OCH3 is 1. The SMILES string of the molecule is CCCNC(=O)COc1cc(C(=O)O)c(N)cc1OC. The zero-order valence-electron chi connectivity index (χ0n) is 11.4. The van der Waals surface area contributed by atoms with Crippen molar-refractivity contribution in [3.8, 4) is 11.5 Å². The summed E-state index contributed by atoms with van der Waals surface area (Å²) in [6.45, 7) is 2.27. The molecule has 0 aliphatic carbocycles. The number of carboxylic acids is 1.